The van der Waals surface area contributed by atoms with Crippen molar-refractivity contribution in [1.29, 1.82) is 0 Å². The van der Waals surface area contributed by atoms with Gasteiger partial charge in [-0.15, -0.1) is 5.06 Å². The fraction of sp³-hybridized carbons (Fsp3) is 0.714. The van der Waals surface area contributed by atoms with Gasteiger partial charge in [0.05, 0.1) is 6.54 Å². The molecule has 1 saturated heterocycles. The maximum Gasteiger partial charge on any atom is 0.355 e. The lowest BCUT2D eigenvalue weighted by Crippen LogP contribution is -2.50. The molecule has 0 saturated carbocycles. The lowest BCUT2D eigenvalue weighted by Gasteiger charge is -2.24. The number of likely N-dealkylation sites (N-methyl/N-ethyl adjacent to an activating group) is 1. The molecule has 0 bridgehead atoms. The molecule has 2 atom stereocenters. The number of hydrogen-bond donors (Lipinski definition) is 1. The van der Waals surface area contributed by atoms with Crippen LogP contribution in [0.25, 0.3) is 0 Å². The summed E-state index contributed by atoms with van der Waals surface area (Å²) in [7, 11) is 1.25. The van der Waals surface area contributed by atoms with Crippen LogP contribution < -0.4 is 5.32 Å². The van der Waals surface area contributed by atoms with Gasteiger partial charge >= 0.3 is 5.97 Å². The van der Waals surface area contributed by atoms with E-state index in [4.69, 9.17) is 8.95 Å². The number of carbonyl (C=O) groups excluding carboxylic acids is 4. The summed E-state index contributed by atoms with van der Waals surface area (Å²) in [6, 6.07) is -1.11. The number of amides is 3. The van der Waals surface area contributed by atoms with Crippen molar-refractivity contribution in [3.63, 3.8) is 0 Å². The molecule has 1 N–H and O–H groups in total. The molecule has 2 unspecified atom stereocenters. The normalized spacial score (nSPS) is 20.2. The van der Waals surface area contributed by atoms with Gasteiger partial charge in [0, 0.05) is 17.0 Å². The third kappa shape index (κ3) is 4.80. The Morgan fingerprint density at radius 1 is 1.41 bits per heavy atom. The molecule has 1 heterocycles. The van der Waals surface area contributed by atoms with Crippen LogP contribution >= 0.6 is 0 Å². The van der Waals surface area contributed by atoms with E-state index in [1.807, 2.05) is 0 Å². The van der Waals surface area contributed by atoms with Gasteiger partial charge in [-0.3, -0.25) is 14.4 Å². The topological polar surface area (TPSA) is 96.0 Å². The van der Waals surface area contributed by atoms with Crippen LogP contribution in [0.2, 0.25) is 0 Å². The van der Waals surface area contributed by atoms with Crippen LogP contribution in [-0.4, -0.2) is 60.3 Å². The molecule has 1 rings (SSSR count). The lowest BCUT2D eigenvalue weighted by atomic mass is 9.99. The first-order chi connectivity index (χ1) is 11.5. The number of hydroxylamine groups is 2. The predicted octanol–water partition coefficient (Wildman–Crippen LogP) is -0.314. The smallest absolute Gasteiger partial charge is 0.341 e. The van der Waals surface area contributed by atoms with E-state index < -0.39 is 43.3 Å². The van der Waals surface area contributed by atoms with Crippen LogP contribution in [-0.2, 0) is 24.0 Å². The van der Waals surface area contributed by atoms with Crippen LogP contribution in [0.15, 0.2) is 0 Å². The minimum Gasteiger partial charge on any atom is -0.341 e. The number of carbonyl (C=O) groups is 4. The third-order valence-electron chi connectivity index (χ3n) is 3.35. The molecule has 1 aliphatic rings. The molecule has 0 aliphatic carbocycles. The lowest BCUT2D eigenvalue weighted by molar-refractivity contribution is -0.200. The van der Waals surface area contributed by atoms with Gasteiger partial charge in [-0.2, -0.15) is 0 Å². The van der Waals surface area contributed by atoms with E-state index in [-0.39, 0.29) is 18.8 Å². The number of nitrogens with zero attached hydrogens (tertiary/aromatic N) is 2. The molecule has 1 aliphatic heterocycles. The van der Waals surface area contributed by atoms with Crippen LogP contribution in [0.4, 0.5) is 0 Å². The molecule has 8 heteroatoms. The van der Waals surface area contributed by atoms with Gasteiger partial charge in [0.1, 0.15) is 6.04 Å². The van der Waals surface area contributed by atoms with Crippen LogP contribution in [0.5, 0.6) is 0 Å². The van der Waals surface area contributed by atoms with Gasteiger partial charge in [-0.25, -0.2) is 4.79 Å². The minimum atomic E-state index is -2.45. The summed E-state index contributed by atoms with van der Waals surface area (Å²) in [6.45, 7) is 0.585. The van der Waals surface area contributed by atoms with E-state index in [9.17, 15) is 19.2 Å². The Morgan fingerprint density at radius 2 is 2.00 bits per heavy atom. The number of hydrogen-bond acceptors (Lipinski definition) is 6. The second kappa shape index (κ2) is 7.88. The Hall–Kier alpha value is -1.96. The molecular weight excluding hydrogens is 291 g/mol. The van der Waals surface area contributed by atoms with Crippen LogP contribution in [0, 0.1) is 5.92 Å². The summed E-state index contributed by atoms with van der Waals surface area (Å²) in [5.41, 5.74) is 0. The second-order valence-electron chi connectivity index (χ2n) is 5.28. The summed E-state index contributed by atoms with van der Waals surface area (Å²) in [6.07, 6.45) is 0.447. The molecule has 0 aromatic rings. The second-order valence-corrected chi connectivity index (χ2v) is 5.28. The van der Waals surface area contributed by atoms with Gasteiger partial charge < -0.3 is 15.1 Å². The van der Waals surface area contributed by atoms with Crippen molar-refractivity contribution in [3.05, 3.63) is 0 Å². The first-order valence-electron chi connectivity index (χ1n) is 8.55. The number of nitrogens with one attached hydrogen (secondary N) is 1. The maximum absolute atomic E-state index is 12.3. The SMILES string of the molecule is [2H][13C]([2H])([2H])N(C)CC(=O)NC(C(=O)ON1C(=O)CCC1=O)C(C)CC. The van der Waals surface area contributed by atoms with Crippen LogP contribution in [0.3, 0.4) is 0 Å². The van der Waals surface area contributed by atoms with Gasteiger partial charge in [0.2, 0.25) is 5.91 Å². The molecule has 0 radical (unpaired) electrons. The number of imide groups is 1. The van der Waals surface area contributed by atoms with E-state index in [2.05, 4.69) is 5.32 Å². The van der Waals surface area contributed by atoms with E-state index in [0.29, 0.717) is 11.5 Å². The molecule has 22 heavy (non-hydrogen) atoms. The fourth-order valence-electron chi connectivity index (χ4n) is 1.91. The van der Waals surface area contributed by atoms with Crippen molar-refractivity contribution < 1.29 is 28.1 Å². The zero-order valence-electron chi connectivity index (χ0n) is 15.9. The minimum absolute atomic E-state index is 0.0319. The van der Waals surface area contributed by atoms with Gasteiger partial charge in [-0.1, -0.05) is 20.3 Å². The Bertz CT molecular complexity index is 536. The zero-order valence-corrected chi connectivity index (χ0v) is 12.9. The van der Waals surface area contributed by atoms with E-state index in [1.165, 1.54) is 7.05 Å². The quantitative estimate of drug-likeness (QED) is 0.511. The summed E-state index contributed by atoms with van der Waals surface area (Å²) < 4.78 is 21.7. The first-order valence-corrected chi connectivity index (χ1v) is 7.05. The van der Waals surface area contributed by atoms with Gasteiger partial charge in [0.25, 0.3) is 11.8 Å². The average molecular weight is 317 g/mol. The molecule has 0 aromatic heterocycles. The van der Waals surface area contributed by atoms with Crippen molar-refractivity contribution >= 4 is 23.7 Å². The monoisotopic (exact) mass is 317 g/mol. The Morgan fingerprint density at radius 3 is 2.50 bits per heavy atom. The summed E-state index contributed by atoms with van der Waals surface area (Å²) >= 11 is 0. The van der Waals surface area contributed by atoms with Crippen molar-refractivity contribution in [1.82, 2.24) is 15.3 Å². The highest BCUT2D eigenvalue weighted by Gasteiger charge is 2.36. The highest BCUT2D eigenvalue weighted by atomic mass is 16.7. The Kier molecular flexibility index (Phi) is 4.90. The first kappa shape index (κ1) is 13.7. The Balaban J connectivity index is 2.76. The van der Waals surface area contributed by atoms with Crippen molar-refractivity contribution in [2.24, 2.45) is 5.92 Å². The Labute approximate surface area is 133 Å². The van der Waals surface area contributed by atoms with Crippen molar-refractivity contribution in [2.45, 2.75) is 39.2 Å². The van der Waals surface area contributed by atoms with Crippen LogP contribution in [0.1, 0.15) is 37.2 Å². The summed E-state index contributed by atoms with van der Waals surface area (Å²) in [4.78, 5) is 53.1. The summed E-state index contributed by atoms with van der Waals surface area (Å²) in [5, 5.41) is 2.83. The maximum atomic E-state index is 12.3. The number of rotatable bonds is 7. The molecule has 8 nitrogen and oxygen atoms in total. The molecular formula is C14H23N3O5. The van der Waals surface area contributed by atoms with Crippen molar-refractivity contribution in [3.8, 4) is 0 Å². The van der Waals surface area contributed by atoms with Gasteiger partial charge in [-0.05, 0) is 19.9 Å². The molecule has 0 aromatic carbocycles. The highest BCUT2D eigenvalue weighted by Crippen LogP contribution is 2.15. The molecule has 124 valence electrons. The van der Waals surface area contributed by atoms with E-state index in [0.717, 1.165) is 4.90 Å². The molecule has 1 fully saturated rings. The molecule has 3 amide bonds. The fourth-order valence-corrected chi connectivity index (χ4v) is 1.91. The standard InChI is InChI=1S/C14H23N3O5/c1-5-9(2)13(15-10(18)8-16(3)4)14(21)22-17-11(19)6-7-12(17)20/h9,13H,5-8H2,1-4H3,(H,15,18)/i3+1D3. The molecule has 0 spiro atoms. The van der Waals surface area contributed by atoms with E-state index >= 15 is 0 Å². The van der Waals surface area contributed by atoms with E-state index in [1.54, 1.807) is 13.8 Å². The third-order valence-corrected chi connectivity index (χ3v) is 3.35. The zero-order chi connectivity index (χ0) is 19.4. The van der Waals surface area contributed by atoms with Gasteiger partial charge in [0.15, 0.2) is 0 Å². The van der Waals surface area contributed by atoms with Crippen molar-refractivity contribution in [2.75, 3.05) is 20.6 Å². The highest BCUT2D eigenvalue weighted by molar-refractivity contribution is 6.02. The average Bonchev–Trinajstić information content (AvgIpc) is 2.82. The summed E-state index contributed by atoms with van der Waals surface area (Å²) in [5.74, 6) is -3.20. The largest absolute Gasteiger partial charge is 0.355 e. The predicted molar refractivity (Wildman–Crippen MR) is 77.1 cm³/mol.